The molecule has 1 aliphatic rings. The van der Waals surface area contributed by atoms with Crippen molar-refractivity contribution < 1.29 is 23.8 Å². The van der Waals surface area contributed by atoms with E-state index in [1.165, 1.54) is 14.2 Å². The number of carbonyl (C=O) groups excluding carboxylic acids is 2. The summed E-state index contributed by atoms with van der Waals surface area (Å²) >= 11 is 6.12. The third kappa shape index (κ3) is 4.09. The molecule has 0 radical (unpaired) electrons. The first-order valence-corrected chi connectivity index (χ1v) is 8.65. The highest BCUT2D eigenvalue weighted by atomic mass is 35.5. The van der Waals surface area contributed by atoms with Gasteiger partial charge in [-0.2, -0.15) is 0 Å². The molecular weight excluding hydrogens is 372 g/mol. The van der Waals surface area contributed by atoms with Gasteiger partial charge in [0.15, 0.2) is 6.61 Å². The number of nitrogens with one attached hydrogen (secondary N) is 1. The predicted molar refractivity (Wildman–Crippen MR) is 102 cm³/mol. The highest BCUT2D eigenvalue weighted by Gasteiger charge is 2.25. The number of anilines is 2. The Balaban J connectivity index is 1.69. The van der Waals surface area contributed by atoms with E-state index in [2.05, 4.69) is 5.32 Å². The molecule has 1 aliphatic heterocycles. The van der Waals surface area contributed by atoms with Gasteiger partial charge in [0, 0.05) is 19.0 Å². The van der Waals surface area contributed by atoms with E-state index in [-0.39, 0.29) is 31.4 Å². The summed E-state index contributed by atoms with van der Waals surface area (Å²) in [5, 5.41) is 3.11. The zero-order chi connectivity index (χ0) is 19.4. The van der Waals surface area contributed by atoms with Crippen LogP contribution in [0, 0.1) is 0 Å². The Morgan fingerprint density at radius 2 is 1.96 bits per heavy atom. The van der Waals surface area contributed by atoms with Crippen molar-refractivity contribution in [2.24, 2.45) is 0 Å². The molecule has 2 aromatic rings. The van der Waals surface area contributed by atoms with Gasteiger partial charge in [0.1, 0.15) is 17.2 Å². The second kappa shape index (κ2) is 8.18. The smallest absolute Gasteiger partial charge is 0.265 e. The van der Waals surface area contributed by atoms with Crippen LogP contribution in [0.5, 0.6) is 17.2 Å². The molecule has 0 atom stereocenters. The monoisotopic (exact) mass is 390 g/mol. The zero-order valence-corrected chi connectivity index (χ0v) is 15.7. The van der Waals surface area contributed by atoms with Gasteiger partial charge in [-0.05, 0) is 18.2 Å². The average molecular weight is 391 g/mol. The number of benzene rings is 2. The average Bonchev–Trinajstić information content (AvgIpc) is 2.67. The standard InChI is InChI=1S/C19H19ClN2O5/c1-25-16-10-17(26-2)13(9-12(16)20)21-18(23)7-8-22-14-5-3-4-6-15(14)27-11-19(22)24/h3-6,9-10H,7-8,11H2,1-2H3,(H,21,23). The van der Waals surface area contributed by atoms with E-state index in [4.69, 9.17) is 25.8 Å². The van der Waals surface area contributed by atoms with Crippen LogP contribution >= 0.6 is 11.6 Å². The van der Waals surface area contributed by atoms with E-state index in [0.717, 1.165) is 0 Å². The summed E-state index contributed by atoms with van der Waals surface area (Å²) in [7, 11) is 2.98. The number of carbonyl (C=O) groups is 2. The fourth-order valence-corrected chi connectivity index (χ4v) is 3.02. The Labute approximate surface area is 161 Å². The van der Waals surface area contributed by atoms with Gasteiger partial charge in [-0.1, -0.05) is 23.7 Å². The van der Waals surface area contributed by atoms with Crippen molar-refractivity contribution in [3.8, 4) is 17.2 Å². The molecule has 27 heavy (non-hydrogen) atoms. The van der Waals surface area contributed by atoms with Crippen LogP contribution in [0.1, 0.15) is 6.42 Å². The molecule has 142 valence electrons. The molecule has 7 nitrogen and oxygen atoms in total. The fourth-order valence-electron chi connectivity index (χ4n) is 2.78. The molecule has 0 unspecified atom stereocenters. The second-order valence-electron chi connectivity index (χ2n) is 5.79. The summed E-state index contributed by atoms with van der Waals surface area (Å²) in [5.41, 5.74) is 1.09. The lowest BCUT2D eigenvalue weighted by atomic mass is 10.2. The van der Waals surface area contributed by atoms with Crippen LogP contribution in [-0.2, 0) is 9.59 Å². The predicted octanol–water partition coefficient (Wildman–Crippen LogP) is 3.11. The largest absolute Gasteiger partial charge is 0.495 e. The molecule has 1 N–H and O–H groups in total. The van der Waals surface area contributed by atoms with Gasteiger partial charge in [-0.15, -0.1) is 0 Å². The Bertz CT molecular complexity index is 871. The Hall–Kier alpha value is -2.93. The minimum absolute atomic E-state index is 0.0411. The van der Waals surface area contributed by atoms with Crippen LogP contribution in [0.15, 0.2) is 36.4 Å². The summed E-state index contributed by atoms with van der Waals surface area (Å²) in [6, 6.07) is 10.4. The lowest BCUT2D eigenvalue weighted by Gasteiger charge is -2.29. The Morgan fingerprint density at radius 3 is 2.70 bits per heavy atom. The second-order valence-corrected chi connectivity index (χ2v) is 6.19. The fraction of sp³-hybridized carbons (Fsp3) is 0.263. The van der Waals surface area contributed by atoms with Gasteiger partial charge >= 0.3 is 0 Å². The molecule has 2 amide bonds. The van der Waals surface area contributed by atoms with E-state index in [9.17, 15) is 9.59 Å². The number of hydrogen-bond acceptors (Lipinski definition) is 5. The number of rotatable bonds is 6. The number of fused-ring (bicyclic) bond motifs is 1. The molecular formula is C19H19ClN2O5. The highest BCUT2D eigenvalue weighted by molar-refractivity contribution is 6.32. The third-order valence-corrected chi connectivity index (χ3v) is 4.41. The molecule has 0 aliphatic carbocycles. The van der Waals surface area contributed by atoms with Gasteiger partial charge in [0.05, 0.1) is 30.6 Å². The van der Waals surface area contributed by atoms with Crippen molar-refractivity contribution in [2.45, 2.75) is 6.42 Å². The molecule has 0 saturated carbocycles. The molecule has 0 bridgehead atoms. The van der Waals surface area contributed by atoms with Crippen LogP contribution in [0.2, 0.25) is 5.02 Å². The number of halogens is 1. The van der Waals surface area contributed by atoms with E-state index < -0.39 is 0 Å². The van der Waals surface area contributed by atoms with Crippen molar-refractivity contribution in [2.75, 3.05) is 37.6 Å². The van der Waals surface area contributed by atoms with Crippen LogP contribution < -0.4 is 24.4 Å². The normalized spacial score (nSPS) is 12.9. The zero-order valence-electron chi connectivity index (χ0n) is 15.0. The lowest BCUT2D eigenvalue weighted by molar-refractivity contribution is -0.121. The minimum Gasteiger partial charge on any atom is -0.495 e. The van der Waals surface area contributed by atoms with Gasteiger partial charge in [0.25, 0.3) is 5.91 Å². The van der Waals surface area contributed by atoms with Gasteiger partial charge in [-0.3, -0.25) is 9.59 Å². The Morgan fingerprint density at radius 1 is 1.22 bits per heavy atom. The van der Waals surface area contributed by atoms with E-state index in [0.29, 0.717) is 33.6 Å². The quantitative estimate of drug-likeness (QED) is 0.820. The summed E-state index contributed by atoms with van der Waals surface area (Å²) in [6.45, 7) is 0.192. The number of para-hydroxylation sites is 2. The van der Waals surface area contributed by atoms with Crippen molar-refractivity contribution in [3.05, 3.63) is 41.4 Å². The molecule has 1 heterocycles. The summed E-state index contributed by atoms with van der Waals surface area (Å²) < 4.78 is 15.8. The maximum atomic E-state index is 12.4. The number of nitrogens with zero attached hydrogens (tertiary/aromatic N) is 1. The maximum Gasteiger partial charge on any atom is 0.265 e. The van der Waals surface area contributed by atoms with E-state index in [1.807, 2.05) is 12.1 Å². The van der Waals surface area contributed by atoms with Crippen LogP contribution in [0.4, 0.5) is 11.4 Å². The maximum absolute atomic E-state index is 12.4. The number of ether oxygens (including phenoxy) is 3. The van der Waals surface area contributed by atoms with E-state index >= 15 is 0 Å². The molecule has 0 aromatic heterocycles. The molecule has 0 saturated heterocycles. The molecule has 3 rings (SSSR count). The minimum atomic E-state index is -0.272. The first kappa shape index (κ1) is 18.8. The first-order valence-electron chi connectivity index (χ1n) is 8.27. The van der Waals surface area contributed by atoms with Crippen molar-refractivity contribution in [1.82, 2.24) is 0 Å². The van der Waals surface area contributed by atoms with Crippen LogP contribution in [0.25, 0.3) is 0 Å². The number of hydrogen-bond donors (Lipinski definition) is 1. The van der Waals surface area contributed by atoms with Gasteiger partial charge in [0.2, 0.25) is 5.91 Å². The highest BCUT2D eigenvalue weighted by Crippen LogP contribution is 2.36. The summed E-state index contributed by atoms with van der Waals surface area (Å²) in [4.78, 5) is 26.1. The SMILES string of the molecule is COc1cc(OC)c(NC(=O)CCN2C(=O)COc3ccccc32)cc1Cl. The van der Waals surface area contributed by atoms with Crippen LogP contribution in [-0.4, -0.2) is 39.2 Å². The molecule has 0 spiro atoms. The molecule has 2 aromatic carbocycles. The topological polar surface area (TPSA) is 77.1 Å². The van der Waals surface area contributed by atoms with E-state index in [1.54, 1.807) is 29.2 Å². The lowest BCUT2D eigenvalue weighted by Crippen LogP contribution is -2.40. The Kier molecular flexibility index (Phi) is 5.71. The summed E-state index contributed by atoms with van der Waals surface area (Å²) in [6.07, 6.45) is 0.104. The van der Waals surface area contributed by atoms with Crippen molar-refractivity contribution >= 4 is 34.8 Å². The van der Waals surface area contributed by atoms with Gasteiger partial charge < -0.3 is 24.4 Å². The molecule has 8 heteroatoms. The first-order chi connectivity index (χ1) is 13.0. The van der Waals surface area contributed by atoms with Gasteiger partial charge in [-0.25, -0.2) is 0 Å². The summed E-state index contributed by atoms with van der Waals surface area (Å²) in [5.74, 6) is 1.04. The number of amides is 2. The number of methoxy groups -OCH3 is 2. The van der Waals surface area contributed by atoms with Crippen molar-refractivity contribution in [1.29, 1.82) is 0 Å². The van der Waals surface area contributed by atoms with Crippen LogP contribution in [0.3, 0.4) is 0 Å². The molecule has 0 fully saturated rings. The van der Waals surface area contributed by atoms with Crippen molar-refractivity contribution in [3.63, 3.8) is 0 Å². The third-order valence-electron chi connectivity index (χ3n) is 4.12.